The van der Waals surface area contributed by atoms with E-state index in [1.54, 1.807) is 13.2 Å². The summed E-state index contributed by atoms with van der Waals surface area (Å²) in [4.78, 5) is 9.75. The average Bonchev–Trinajstić information content (AvgIpc) is 1.83. The minimum Gasteiger partial charge on any atom is -0.349 e. The highest BCUT2D eigenvalue weighted by Gasteiger charge is 2.01. The van der Waals surface area contributed by atoms with Gasteiger partial charge in [-0.1, -0.05) is 0 Å². The van der Waals surface area contributed by atoms with E-state index in [1.807, 2.05) is 0 Å². The zero-order valence-electron chi connectivity index (χ0n) is 5.01. The van der Waals surface area contributed by atoms with Gasteiger partial charge in [0.2, 0.25) is 6.29 Å². The number of rotatable bonds is 4. The number of hydrogen-bond acceptors (Lipinski definition) is 3. The third-order valence-electron chi connectivity index (χ3n) is 0.628. The molecule has 3 heteroatoms. The van der Waals surface area contributed by atoms with Crippen molar-refractivity contribution in [3.63, 3.8) is 0 Å². The second-order valence-corrected chi connectivity index (χ2v) is 1.14. The second kappa shape index (κ2) is 4.74. The zero-order valence-corrected chi connectivity index (χ0v) is 5.01. The molecule has 0 aromatic heterocycles. The van der Waals surface area contributed by atoms with Crippen LogP contribution in [0.1, 0.15) is 6.92 Å². The molecule has 0 amide bonds. The summed E-state index contributed by atoms with van der Waals surface area (Å²) in [7, 11) is 1.39. The molecule has 0 heterocycles. The minimum absolute atomic E-state index is 0.466. The summed E-state index contributed by atoms with van der Waals surface area (Å²) in [5.74, 6) is 0. The molecule has 0 rings (SSSR count). The Bertz CT molecular complexity index is 62.7. The molecule has 0 aliphatic heterocycles. The van der Waals surface area contributed by atoms with E-state index in [9.17, 15) is 4.79 Å². The van der Waals surface area contributed by atoms with Gasteiger partial charge in [-0.05, 0) is 6.92 Å². The Balaban J connectivity index is 3.21. The highest BCUT2D eigenvalue weighted by atomic mass is 16.7. The lowest BCUT2D eigenvalue weighted by Crippen LogP contribution is -2.15. The van der Waals surface area contributed by atoms with Crippen molar-refractivity contribution >= 4 is 6.29 Å². The first-order valence-electron chi connectivity index (χ1n) is 2.37. The van der Waals surface area contributed by atoms with Crippen LogP contribution in [0.15, 0.2) is 0 Å². The number of hydrogen-bond donors (Lipinski definition) is 0. The van der Waals surface area contributed by atoms with E-state index in [0.717, 1.165) is 0 Å². The molecule has 0 spiro atoms. The molecule has 8 heavy (non-hydrogen) atoms. The third kappa shape index (κ3) is 2.71. The van der Waals surface area contributed by atoms with Gasteiger partial charge >= 0.3 is 0 Å². The van der Waals surface area contributed by atoms with Crippen LogP contribution in [0.4, 0.5) is 0 Å². The molecule has 0 N–H and O–H groups in total. The monoisotopic (exact) mass is 117 g/mol. The molecule has 1 radical (unpaired) electrons. The fourth-order valence-electron chi connectivity index (χ4n) is 0.302. The maximum Gasteiger partial charge on any atom is 0.259 e. The van der Waals surface area contributed by atoms with Crippen molar-refractivity contribution in [2.24, 2.45) is 0 Å². The first-order valence-corrected chi connectivity index (χ1v) is 2.37. The maximum absolute atomic E-state index is 9.75. The normalized spacial score (nSPS) is 13.2. The average molecular weight is 117 g/mol. The Hall–Kier alpha value is -0.410. The molecule has 1 unspecified atom stereocenters. The van der Waals surface area contributed by atoms with Gasteiger partial charge in [0.25, 0.3) is 6.29 Å². The molecule has 0 fully saturated rings. The van der Waals surface area contributed by atoms with E-state index in [4.69, 9.17) is 4.74 Å². The molecule has 0 saturated carbocycles. The number of methoxy groups -OCH3 is 1. The Kier molecular flexibility index (Phi) is 4.50. The predicted molar refractivity (Wildman–Crippen MR) is 28.1 cm³/mol. The maximum atomic E-state index is 9.75. The molecule has 1 atom stereocenters. The molecule has 0 bridgehead atoms. The molecule has 47 valence electrons. The lowest BCUT2D eigenvalue weighted by molar-refractivity contribution is -0.0728. The Labute approximate surface area is 48.6 Å². The lowest BCUT2D eigenvalue weighted by Gasteiger charge is -2.04. The van der Waals surface area contributed by atoms with Gasteiger partial charge in [-0.3, -0.25) is 4.79 Å². The van der Waals surface area contributed by atoms with Crippen LogP contribution in [0.2, 0.25) is 0 Å². The standard InChI is InChI=1S/C5H9O3/c1-3-8-5(4-6)7-2/h5H,3H2,1-2H3. The van der Waals surface area contributed by atoms with Crippen LogP contribution in [-0.2, 0) is 14.3 Å². The summed E-state index contributed by atoms with van der Waals surface area (Å²) >= 11 is 0. The molecule has 0 aliphatic rings. The number of ether oxygens (including phenoxy) is 2. The van der Waals surface area contributed by atoms with Crippen LogP contribution in [0.3, 0.4) is 0 Å². The van der Waals surface area contributed by atoms with Crippen LogP contribution in [0.5, 0.6) is 0 Å². The highest BCUT2D eigenvalue weighted by molar-refractivity contribution is 5.54. The van der Waals surface area contributed by atoms with Crippen molar-refractivity contribution in [3.8, 4) is 0 Å². The predicted octanol–water partition coefficient (Wildman–Crippen LogP) is 0.105. The van der Waals surface area contributed by atoms with E-state index in [2.05, 4.69) is 4.74 Å². The SMILES string of the molecule is CCOC([C]=O)OC. The van der Waals surface area contributed by atoms with E-state index >= 15 is 0 Å². The van der Waals surface area contributed by atoms with Crippen LogP contribution in [-0.4, -0.2) is 26.3 Å². The van der Waals surface area contributed by atoms with Crippen molar-refractivity contribution in [3.05, 3.63) is 0 Å². The highest BCUT2D eigenvalue weighted by Crippen LogP contribution is 1.85. The molecular formula is C5H9O3. The van der Waals surface area contributed by atoms with Gasteiger partial charge < -0.3 is 9.47 Å². The summed E-state index contributed by atoms with van der Waals surface area (Å²) < 4.78 is 9.19. The first kappa shape index (κ1) is 7.59. The van der Waals surface area contributed by atoms with E-state index in [-0.39, 0.29) is 0 Å². The van der Waals surface area contributed by atoms with Crippen molar-refractivity contribution in [2.45, 2.75) is 13.2 Å². The van der Waals surface area contributed by atoms with Crippen molar-refractivity contribution in [1.82, 2.24) is 0 Å². The Morgan fingerprint density at radius 3 is 2.50 bits per heavy atom. The summed E-state index contributed by atoms with van der Waals surface area (Å²) in [6.45, 7) is 2.25. The van der Waals surface area contributed by atoms with E-state index in [0.29, 0.717) is 6.61 Å². The van der Waals surface area contributed by atoms with Gasteiger partial charge in [0.1, 0.15) is 0 Å². The second-order valence-electron chi connectivity index (χ2n) is 1.14. The van der Waals surface area contributed by atoms with Crippen LogP contribution >= 0.6 is 0 Å². The van der Waals surface area contributed by atoms with Crippen LogP contribution < -0.4 is 0 Å². The summed E-state index contributed by atoms with van der Waals surface area (Å²) in [5.41, 5.74) is 0. The smallest absolute Gasteiger partial charge is 0.259 e. The molecule has 0 aliphatic carbocycles. The van der Waals surface area contributed by atoms with Gasteiger partial charge in [0.05, 0.1) is 0 Å². The van der Waals surface area contributed by atoms with Crippen molar-refractivity contribution in [2.75, 3.05) is 13.7 Å². The zero-order chi connectivity index (χ0) is 6.41. The van der Waals surface area contributed by atoms with Gasteiger partial charge in [0, 0.05) is 13.7 Å². The molecule has 0 aromatic rings. The summed E-state index contributed by atoms with van der Waals surface area (Å²) in [6, 6.07) is 0. The largest absolute Gasteiger partial charge is 0.349 e. The number of carbonyl (C=O) groups excluding carboxylic acids is 1. The lowest BCUT2D eigenvalue weighted by atomic mass is 10.7. The molecule has 0 aromatic carbocycles. The molecule has 3 nitrogen and oxygen atoms in total. The van der Waals surface area contributed by atoms with Crippen molar-refractivity contribution < 1.29 is 14.3 Å². The summed E-state index contributed by atoms with van der Waals surface area (Å²) in [6.07, 6.45) is 0.753. The molecule has 0 saturated heterocycles. The fraction of sp³-hybridized carbons (Fsp3) is 0.800. The summed E-state index contributed by atoms with van der Waals surface area (Å²) in [5, 5.41) is 0. The quantitative estimate of drug-likeness (QED) is 0.490. The first-order chi connectivity index (χ1) is 3.85. The fourth-order valence-corrected chi connectivity index (χ4v) is 0.302. The van der Waals surface area contributed by atoms with E-state index in [1.165, 1.54) is 7.11 Å². The van der Waals surface area contributed by atoms with Gasteiger partial charge in [-0.2, -0.15) is 0 Å². The minimum atomic E-state index is -0.806. The van der Waals surface area contributed by atoms with Crippen LogP contribution in [0.25, 0.3) is 0 Å². The van der Waals surface area contributed by atoms with E-state index < -0.39 is 6.29 Å². The van der Waals surface area contributed by atoms with Crippen LogP contribution in [0, 0.1) is 0 Å². The van der Waals surface area contributed by atoms with Gasteiger partial charge in [-0.15, -0.1) is 0 Å². The van der Waals surface area contributed by atoms with Gasteiger partial charge in [0.15, 0.2) is 0 Å². The Morgan fingerprint density at radius 2 is 2.38 bits per heavy atom. The molecular weight excluding hydrogens is 108 g/mol. The Morgan fingerprint density at radius 1 is 1.75 bits per heavy atom. The topological polar surface area (TPSA) is 35.5 Å². The van der Waals surface area contributed by atoms with Gasteiger partial charge in [-0.25, -0.2) is 0 Å². The van der Waals surface area contributed by atoms with Crippen molar-refractivity contribution in [1.29, 1.82) is 0 Å². The third-order valence-corrected chi connectivity index (χ3v) is 0.628.